The van der Waals surface area contributed by atoms with Crippen LogP contribution in [0.2, 0.25) is 5.02 Å². The molecule has 1 aliphatic rings. The van der Waals surface area contributed by atoms with Crippen molar-refractivity contribution in [1.82, 2.24) is 9.61 Å². The van der Waals surface area contributed by atoms with E-state index in [1.807, 2.05) is 22.8 Å². The summed E-state index contributed by atoms with van der Waals surface area (Å²) in [5, 5.41) is 4.95. The van der Waals surface area contributed by atoms with Gasteiger partial charge in [-0.05, 0) is 60.2 Å². The van der Waals surface area contributed by atoms with Crippen molar-refractivity contribution >= 4 is 22.8 Å². The Morgan fingerprint density at radius 2 is 2.10 bits per heavy atom. The Balaban J connectivity index is 1.97. The normalized spacial score (nSPS) is 13.8. The summed E-state index contributed by atoms with van der Waals surface area (Å²) < 4.78 is 1.83. The second kappa shape index (κ2) is 4.25. The minimum atomic E-state index is 0.743. The van der Waals surface area contributed by atoms with E-state index in [1.165, 1.54) is 17.5 Å². The van der Waals surface area contributed by atoms with Gasteiger partial charge in [-0.1, -0.05) is 11.6 Å². The van der Waals surface area contributed by atoms with Gasteiger partial charge < -0.3 is 5.73 Å². The average molecular weight is 284 g/mol. The zero-order valence-electron chi connectivity index (χ0n) is 10.9. The minimum Gasteiger partial charge on any atom is -0.398 e. The highest BCUT2D eigenvalue weighted by molar-refractivity contribution is 6.34. The molecule has 1 aliphatic carbocycles. The number of anilines is 1. The number of aromatic nitrogens is 2. The third kappa shape index (κ3) is 1.63. The highest BCUT2D eigenvalue weighted by Gasteiger charge is 2.20. The molecule has 2 N–H and O–H groups in total. The molecule has 0 fully saturated rings. The van der Waals surface area contributed by atoms with Crippen LogP contribution >= 0.6 is 11.6 Å². The maximum absolute atomic E-state index is 6.47. The topological polar surface area (TPSA) is 43.3 Å². The summed E-state index contributed by atoms with van der Waals surface area (Å²) in [6, 6.07) is 8.14. The Kier molecular flexibility index (Phi) is 2.51. The maximum atomic E-state index is 6.47. The summed E-state index contributed by atoms with van der Waals surface area (Å²) in [4.78, 5) is 0. The van der Waals surface area contributed by atoms with Gasteiger partial charge in [-0.3, -0.25) is 0 Å². The molecule has 0 atom stereocenters. The van der Waals surface area contributed by atoms with Crippen molar-refractivity contribution in [1.29, 1.82) is 0 Å². The van der Waals surface area contributed by atoms with E-state index in [0.717, 1.165) is 40.2 Å². The number of nitrogens with zero attached hydrogens (tertiary/aromatic N) is 2. The first-order valence-corrected chi connectivity index (χ1v) is 7.15. The van der Waals surface area contributed by atoms with Crippen LogP contribution in [0.1, 0.15) is 17.5 Å². The molecule has 3 aromatic rings. The number of fused-ring (bicyclic) bond motifs is 2. The van der Waals surface area contributed by atoms with E-state index in [0.29, 0.717) is 0 Å². The van der Waals surface area contributed by atoms with Crippen LogP contribution in [-0.2, 0) is 12.8 Å². The molecule has 0 unspecified atom stereocenters. The number of hydrogen-bond acceptors (Lipinski definition) is 2. The summed E-state index contributed by atoms with van der Waals surface area (Å²) in [7, 11) is 0. The lowest BCUT2D eigenvalue weighted by atomic mass is 9.98. The molecule has 0 amide bonds. The van der Waals surface area contributed by atoms with Crippen LogP contribution < -0.4 is 5.73 Å². The van der Waals surface area contributed by atoms with Crippen molar-refractivity contribution < 1.29 is 0 Å². The minimum absolute atomic E-state index is 0.743. The van der Waals surface area contributed by atoms with Crippen LogP contribution in [0.25, 0.3) is 16.6 Å². The van der Waals surface area contributed by atoms with Crippen LogP contribution in [0, 0.1) is 0 Å². The molecule has 3 nitrogen and oxygen atoms in total. The molecule has 2 heterocycles. The van der Waals surface area contributed by atoms with Crippen LogP contribution in [0.5, 0.6) is 0 Å². The molecular formula is C16H14ClN3. The number of rotatable bonds is 1. The first-order chi connectivity index (χ1) is 9.74. The van der Waals surface area contributed by atoms with Gasteiger partial charge in [0.15, 0.2) is 0 Å². The van der Waals surface area contributed by atoms with Gasteiger partial charge in [-0.25, -0.2) is 4.52 Å². The quantitative estimate of drug-likeness (QED) is 0.692. The van der Waals surface area contributed by atoms with Gasteiger partial charge in [0.2, 0.25) is 0 Å². The molecule has 0 spiro atoms. The number of nitrogen functional groups attached to an aromatic ring is 1. The lowest BCUT2D eigenvalue weighted by Gasteiger charge is -2.13. The molecule has 0 saturated carbocycles. The largest absolute Gasteiger partial charge is 0.398 e. The summed E-state index contributed by atoms with van der Waals surface area (Å²) in [5.74, 6) is 0. The summed E-state index contributed by atoms with van der Waals surface area (Å²) in [5.41, 5.74) is 12.9. The first kappa shape index (κ1) is 11.8. The van der Waals surface area contributed by atoms with E-state index in [9.17, 15) is 0 Å². The number of pyridine rings is 1. The molecule has 4 rings (SSSR count). The number of hydrogen-bond donors (Lipinski definition) is 1. The average Bonchev–Trinajstić information content (AvgIpc) is 3.06. The Hall–Kier alpha value is -2.00. The summed E-state index contributed by atoms with van der Waals surface area (Å²) >= 11 is 6.47. The zero-order chi connectivity index (χ0) is 13.7. The lowest BCUT2D eigenvalue weighted by Crippen LogP contribution is -1.98. The monoisotopic (exact) mass is 283 g/mol. The highest BCUT2D eigenvalue weighted by Crippen LogP contribution is 2.40. The van der Waals surface area contributed by atoms with Gasteiger partial charge in [0.05, 0.1) is 10.5 Å². The second-order valence-electron chi connectivity index (χ2n) is 5.25. The van der Waals surface area contributed by atoms with Crippen molar-refractivity contribution in [2.75, 3.05) is 5.73 Å². The van der Waals surface area contributed by atoms with Crippen molar-refractivity contribution in [3.8, 4) is 11.1 Å². The van der Waals surface area contributed by atoms with Gasteiger partial charge in [0.25, 0.3) is 0 Å². The second-order valence-corrected chi connectivity index (χ2v) is 5.66. The van der Waals surface area contributed by atoms with Gasteiger partial charge in [0.1, 0.15) is 0 Å². The van der Waals surface area contributed by atoms with E-state index in [-0.39, 0.29) is 0 Å². The molecule has 2 aromatic heterocycles. The lowest BCUT2D eigenvalue weighted by molar-refractivity contribution is 0.912. The van der Waals surface area contributed by atoms with E-state index < -0.39 is 0 Å². The predicted molar refractivity (Wildman–Crippen MR) is 82.1 cm³/mol. The maximum Gasteiger partial charge on any atom is 0.0667 e. The van der Waals surface area contributed by atoms with E-state index >= 15 is 0 Å². The van der Waals surface area contributed by atoms with Gasteiger partial charge in [0, 0.05) is 23.6 Å². The molecule has 100 valence electrons. The molecule has 20 heavy (non-hydrogen) atoms. The van der Waals surface area contributed by atoms with Gasteiger partial charge in [-0.15, -0.1) is 0 Å². The Labute approximate surface area is 122 Å². The standard InChI is InChI=1S/C16H14ClN3/c17-14-9-10-2-1-3-13(10)16(18)15(14)11-5-7-20-12(8-11)4-6-19-20/h4-9H,1-3,18H2. The van der Waals surface area contributed by atoms with Crippen molar-refractivity contribution in [2.24, 2.45) is 0 Å². The number of aryl methyl sites for hydroxylation is 1. The van der Waals surface area contributed by atoms with E-state index in [4.69, 9.17) is 17.3 Å². The molecule has 0 bridgehead atoms. The molecule has 1 aromatic carbocycles. The molecule has 0 radical (unpaired) electrons. The fourth-order valence-corrected chi connectivity index (χ4v) is 3.45. The number of nitrogens with two attached hydrogens (primary N) is 1. The molecular weight excluding hydrogens is 270 g/mol. The van der Waals surface area contributed by atoms with Crippen LogP contribution in [0.4, 0.5) is 5.69 Å². The SMILES string of the molecule is Nc1c2c(cc(Cl)c1-c1ccn3nccc3c1)CCC2. The van der Waals surface area contributed by atoms with Crippen molar-refractivity contribution in [3.63, 3.8) is 0 Å². The van der Waals surface area contributed by atoms with Gasteiger partial charge >= 0.3 is 0 Å². The fraction of sp³-hybridized carbons (Fsp3) is 0.188. The zero-order valence-corrected chi connectivity index (χ0v) is 11.7. The number of benzene rings is 1. The molecule has 0 saturated heterocycles. The molecule has 0 aliphatic heterocycles. The smallest absolute Gasteiger partial charge is 0.0667 e. The van der Waals surface area contributed by atoms with Gasteiger partial charge in [-0.2, -0.15) is 5.10 Å². The van der Waals surface area contributed by atoms with E-state index in [1.54, 1.807) is 6.20 Å². The van der Waals surface area contributed by atoms with Crippen LogP contribution in [0.15, 0.2) is 36.7 Å². The summed E-state index contributed by atoms with van der Waals surface area (Å²) in [6.07, 6.45) is 7.03. The fourth-order valence-electron chi connectivity index (χ4n) is 3.11. The third-order valence-electron chi connectivity index (χ3n) is 4.08. The highest BCUT2D eigenvalue weighted by atomic mass is 35.5. The van der Waals surface area contributed by atoms with Crippen molar-refractivity contribution in [3.05, 3.63) is 52.8 Å². The predicted octanol–water partition coefficient (Wildman–Crippen LogP) is 3.73. The molecule has 4 heteroatoms. The van der Waals surface area contributed by atoms with Crippen LogP contribution in [0.3, 0.4) is 0 Å². The Morgan fingerprint density at radius 3 is 3.00 bits per heavy atom. The summed E-state index contributed by atoms with van der Waals surface area (Å²) in [6.45, 7) is 0. The Morgan fingerprint density at radius 1 is 1.20 bits per heavy atom. The third-order valence-corrected chi connectivity index (χ3v) is 4.38. The van der Waals surface area contributed by atoms with Crippen LogP contribution in [-0.4, -0.2) is 9.61 Å². The van der Waals surface area contributed by atoms with E-state index in [2.05, 4.69) is 17.2 Å². The number of halogens is 1. The Bertz CT molecular complexity index is 820. The van der Waals surface area contributed by atoms with Crippen molar-refractivity contribution in [2.45, 2.75) is 19.3 Å². The first-order valence-electron chi connectivity index (χ1n) is 6.77.